The second-order valence-electron chi connectivity index (χ2n) is 7.16. The van der Waals surface area contributed by atoms with Gasteiger partial charge in [0.1, 0.15) is 6.04 Å². The molecule has 2 atom stereocenters. The molecular weight excluding hydrogens is 290 g/mol. The Kier molecular flexibility index (Phi) is 4.90. The number of fused-ring (bicyclic) bond motifs is 1. The largest absolute Gasteiger partial charge is 0.360 e. The lowest BCUT2D eigenvalue weighted by molar-refractivity contribution is -0.885. The number of aromatic amines is 1. The van der Waals surface area contributed by atoms with Crippen LogP contribution in [0.5, 0.6) is 0 Å². The highest BCUT2D eigenvalue weighted by atomic mass is 16.2. The van der Waals surface area contributed by atoms with Crippen molar-refractivity contribution >= 4 is 22.6 Å². The molecule has 0 saturated carbocycles. The van der Waals surface area contributed by atoms with Gasteiger partial charge in [0.2, 0.25) is 5.78 Å². The van der Waals surface area contributed by atoms with Crippen LogP contribution >= 0.6 is 0 Å². The van der Waals surface area contributed by atoms with Crippen LogP contribution in [0.25, 0.3) is 10.9 Å². The van der Waals surface area contributed by atoms with E-state index in [1.807, 2.05) is 59.0 Å². The van der Waals surface area contributed by atoms with E-state index in [1.165, 1.54) is 0 Å². The second-order valence-corrected chi connectivity index (χ2v) is 7.16. The summed E-state index contributed by atoms with van der Waals surface area (Å²) in [5, 5.41) is 3.86. The molecule has 2 rings (SSSR count). The van der Waals surface area contributed by atoms with E-state index in [-0.39, 0.29) is 29.8 Å². The van der Waals surface area contributed by atoms with Crippen LogP contribution in [0.2, 0.25) is 0 Å². The average Bonchev–Trinajstić information content (AvgIpc) is 2.87. The van der Waals surface area contributed by atoms with Gasteiger partial charge in [0.25, 0.3) is 5.91 Å². The number of ketones is 1. The van der Waals surface area contributed by atoms with Gasteiger partial charge >= 0.3 is 0 Å². The predicted molar refractivity (Wildman–Crippen MR) is 91.7 cm³/mol. The van der Waals surface area contributed by atoms with E-state index >= 15 is 0 Å². The highest BCUT2D eigenvalue weighted by molar-refractivity contribution is 6.09. The fraction of sp³-hybridized carbons (Fsp3) is 0.444. The summed E-state index contributed by atoms with van der Waals surface area (Å²) in [5.41, 5.74) is 1.37. The van der Waals surface area contributed by atoms with Crippen LogP contribution in [0.3, 0.4) is 0 Å². The Labute approximate surface area is 137 Å². The minimum absolute atomic E-state index is 0.0449. The number of aromatic nitrogens is 1. The van der Waals surface area contributed by atoms with Crippen LogP contribution in [0.15, 0.2) is 30.5 Å². The fourth-order valence-corrected chi connectivity index (χ4v) is 2.60. The first-order valence-electron chi connectivity index (χ1n) is 7.92. The minimum Gasteiger partial charge on any atom is -0.360 e. The van der Waals surface area contributed by atoms with Gasteiger partial charge in [-0.3, -0.25) is 9.59 Å². The summed E-state index contributed by atoms with van der Waals surface area (Å²) < 4.78 is 0. The Hall–Kier alpha value is -2.14. The molecule has 0 aliphatic carbocycles. The SMILES string of the molecule is C[C@@H](C(=O)c1c[nH]c2ccccc12)[NH+](C)CC(=O)NC(C)(C)C. The number of hydrogen-bond donors (Lipinski definition) is 3. The van der Waals surface area contributed by atoms with Crippen LogP contribution < -0.4 is 10.2 Å². The molecule has 0 bridgehead atoms. The summed E-state index contributed by atoms with van der Waals surface area (Å²) in [7, 11) is 1.87. The monoisotopic (exact) mass is 316 g/mol. The Morgan fingerprint density at radius 1 is 1.26 bits per heavy atom. The standard InChI is InChI=1S/C18H25N3O2/c1-12(21(5)11-16(22)20-18(2,3)4)17(23)14-10-19-15-9-7-6-8-13(14)15/h6-10,12,19H,11H2,1-5H3,(H,20,22)/p+1/t12-/m0/s1. The number of likely N-dealkylation sites (N-methyl/N-ethyl adjacent to an activating group) is 1. The fourth-order valence-electron chi connectivity index (χ4n) is 2.60. The molecule has 0 saturated heterocycles. The molecule has 124 valence electrons. The Morgan fingerprint density at radius 3 is 2.57 bits per heavy atom. The normalized spacial score (nSPS) is 14.5. The number of carbonyl (C=O) groups is 2. The van der Waals surface area contributed by atoms with Gasteiger partial charge < -0.3 is 15.2 Å². The number of carbonyl (C=O) groups excluding carboxylic acids is 2. The van der Waals surface area contributed by atoms with E-state index in [9.17, 15) is 9.59 Å². The lowest BCUT2D eigenvalue weighted by Crippen LogP contribution is -3.14. The molecule has 0 spiro atoms. The summed E-state index contributed by atoms with van der Waals surface area (Å²) in [6, 6.07) is 7.45. The van der Waals surface area contributed by atoms with Gasteiger partial charge in [-0.2, -0.15) is 0 Å². The minimum atomic E-state index is -0.292. The molecule has 5 nitrogen and oxygen atoms in total. The summed E-state index contributed by atoms with van der Waals surface area (Å²) in [5.74, 6) is -0.00270. The number of H-pyrrole nitrogens is 1. The van der Waals surface area contributed by atoms with Gasteiger partial charge in [0.05, 0.1) is 7.05 Å². The molecule has 0 fully saturated rings. The quantitative estimate of drug-likeness (QED) is 0.725. The Bertz CT molecular complexity index is 712. The summed E-state index contributed by atoms with van der Waals surface area (Å²) in [6.45, 7) is 7.97. The van der Waals surface area contributed by atoms with E-state index < -0.39 is 0 Å². The lowest BCUT2D eigenvalue weighted by Gasteiger charge is -2.24. The molecule has 1 aromatic carbocycles. The zero-order valence-corrected chi connectivity index (χ0v) is 14.5. The van der Waals surface area contributed by atoms with Gasteiger partial charge in [-0.05, 0) is 33.8 Å². The highest BCUT2D eigenvalue weighted by Gasteiger charge is 2.27. The van der Waals surface area contributed by atoms with Crippen molar-refractivity contribution in [2.24, 2.45) is 0 Å². The maximum Gasteiger partial charge on any atom is 0.275 e. The van der Waals surface area contributed by atoms with Gasteiger partial charge in [0.15, 0.2) is 6.54 Å². The van der Waals surface area contributed by atoms with E-state index in [0.717, 1.165) is 15.8 Å². The Balaban J connectivity index is 2.08. The molecule has 1 unspecified atom stereocenters. The molecule has 1 amide bonds. The average molecular weight is 316 g/mol. The van der Waals surface area contributed by atoms with Crippen molar-refractivity contribution in [2.45, 2.75) is 39.3 Å². The van der Waals surface area contributed by atoms with Gasteiger partial charge in [-0.25, -0.2) is 0 Å². The van der Waals surface area contributed by atoms with E-state index in [2.05, 4.69) is 10.3 Å². The molecule has 0 aliphatic heterocycles. The second kappa shape index (κ2) is 6.54. The van der Waals surface area contributed by atoms with Crippen LogP contribution in [-0.4, -0.2) is 41.8 Å². The Morgan fingerprint density at radius 2 is 1.91 bits per heavy atom. The molecule has 5 heteroatoms. The first-order chi connectivity index (χ1) is 10.7. The maximum atomic E-state index is 12.8. The van der Waals surface area contributed by atoms with Crippen LogP contribution in [0.1, 0.15) is 38.1 Å². The molecule has 3 N–H and O–H groups in total. The van der Waals surface area contributed by atoms with E-state index in [1.54, 1.807) is 6.20 Å². The van der Waals surface area contributed by atoms with Crippen molar-refractivity contribution in [1.82, 2.24) is 10.3 Å². The number of rotatable bonds is 5. The smallest absolute Gasteiger partial charge is 0.275 e. The molecule has 0 aliphatic rings. The third kappa shape index (κ3) is 4.20. The van der Waals surface area contributed by atoms with E-state index in [0.29, 0.717) is 5.56 Å². The summed E-state index contributed by atoms with van der Waals surface area (Å²) in [4.78, 5) is 28.8. The van der Waals surface area contributed by atoms with Crippen LogP contribution in [-0.2, 0) is 4.79 Å². The first-order valence-corrected chi connectivity index (χ1v) is 7.92. The number of Topliss-reactive ketones (excluding diaryl/α,β-unsaturated/α-hetero) is 1. The van der Waals surface area contributed by atoms with E-state index in [4.69, 9.17) is 0 Å². The van der Waals surface area contributed by atoms with Gasteiger partial charge in [0, 0.05) is 28.2 Å². The number of quaternary nitrogens is 1. The van der Waals surface area contributed by atoms with Crippen molar-refractivity contribution in [1.29, 1.82) is 0 Å². The number of para-hydroxylation sites is 1. The lowest BCUT2D eigenvalue weighted by atomic mass is 10.0. The molecule has 1 aromatic heterocycles. The molecule has 2 aromatic rings. The van der Waals surface area contributed by atoms with Gasteiger partial charge in [-0.1, -0.05) is 18.2 Å². The van der Waals surface area contributed by atoms with Crippen molar-refractivity contribution in [2.75, 3.05) is 13.6 Å². The topological polar surface area (TPSA) is 66.4 Å². The highest BCUT2D eigenvalue weighted by Crippen LogP contribution is 2.18. The van der Waals surface area contributed by atoms with Crippen molar-refractivity contribution in [3.8, 4) is 0 Å². The van der Waals surface area contributed by atoms with Crippen LogP contribution in [0.4, 0.5) is 0 Å². The van der Waals surface area contributed by atoms with Crippen LogP contribution in [0, 0.1) is 0 Å². The maximum absolute atomic E-state index is 12.8. The predicted octanol–water partition coefficient (Wildman–Crippen LogP) is 1.17. The zero-order valence-electron chi connectivity index (χ0n) is 14.5. The third-order valence-corrected chi connectivity index (χ3v) is 3.94. The summed E-state index contributed by atoms with van der Waals surface area (Å²) in [6.07, 6.45) is 1.76. The van der Waals surface area contributed by atoms with Crippen molar-refractivity contribution in [3.05, 3.63) is 36.0 Å². The zero-order chi connectivity index (χ0) is 17.2. The number of amides is 1. The number of nitrogens with one attached hydrogen (secondary N) is 3. The third-order valence-electron chi connectivity index (χ3n) is 3.94. The number of benzene rings is 1. The molecule has 23 heavy (non-hydrogen) atoms. The summed E-state index contributed by atoms with van der Waals surface area (Å²) >= 11 is 0. The number of hydrogen-bond acceptors (Lipinski definition) is 2. The molecule has 0 radical (unpaired) electrons. The van der Waals surface area contributed by atoms with Crippen molar-refractivity contribution in [3.63, 3.8) is 0 Å². The van der Waals surface area contributed by atoms with Gasteiger partial charge in [-0.15, -0.1) is 0 Å². The molecule has 1 heterocycles. The van der Waals surface area contributed by atoms with Crippen molar-refractivity contribution < 1.29 is 14.5 Å². The first kappa shape index (κ1) is 17.2. The molecular formula is C18H26N3O2+.